The van der Waals surface area contributed by atoms with Gasteiger partial charge in [-0.05, 0) is 6.92 Å². The Labute approximate surface area is 81.4 Å². The van der Waals surface area contributed by atoms with E-state index >= 15 is 0 Å². The molecule has 0 fully saturated rings. The molecule has 0 bridgehead atoms. The Morgan fingerprint density at radius 2 is 1.86 bits per heavy atom. The number of hydrogen-bond acceptors (Lipinski definition) is 4. The summed E-state index contributed by atoms with van der Waals surface area (Å²) >= 11 is 0. The highest BCUT2D eigenvalue weighted by atomic mass is 16.7. The lowest BCUT2D eigenvalue weighted by Crippen LogP contribution is -2.33. The van der Waals surface area contributed by atoms with E-state index in [9.17, 15) is 14.4 Å². The van der Waals surface area contributed by atoms with Gasteiger partial charge >= 0.3 is 11.9 Å². The van der Waals surface area contributed by atoms with Crippen LogP contribution >= 0.6 is 0 Å². The second-order valence-electron chi connectivity index (χ2n) is 2.48. The van der Waals surface area contributed by atoms with Gasteiger partial charge in [0.2, 0.25) is 0 Å². The Morgan fingerprint density at radius 1 is 1.29 bits per heavy atom. The van der Waals surface area contributed by atoms with Gasteiger partial charge < -0.3 is 9.94 Å². The molecule has 0 atom stereocenters. The van der Waals surface area contributed by atoms with Crippen molar-refractivity contribution in [1.29, 1.82) is 0 Å². The SMILES string of the molecule is CCC(=O)N(CC)OC(=O)CC(=O)O. The Morgan fingerprint density at radius 3 is 2.21 bits per heavy atom. The number of carbonyl (C=O) groups is 3. The number of carbonyl (C=O) groups excluding carboxylic acids is 2. The fourth-order valence-corrected chi connectivity index (χ4v) is 0.747. The molecule has 0 heterocycles. The van der Waals surface area contributed by atoms with Crippen LogP contribution in [0.2, 0.25) is 0 Å². The van der Waals surface area contributed by atoms with Gasteiger partial charge in [0.15, 0.2) is 0 Å². The zero-order valence-electron chi connectivity index (χ0n) is 8.15. The van der Waals surface area contributed by atoms with E-state index in [0.717, 1.165) is 5.06 Å². The first-order valence-corrected chi connectivity index (χ1v) is 4.24. The fraction of sp³-hybridized carbons (Fsp3) is 0.625. The molecule has 0 radical (unpaired) electrons. The third kappa shape index (κ3) is 4.44. The van der Waals surface area contributed by atoms with Crippen molar-refractivity contribution < 1.29 is 24.3 Å². The maximum atomic E-state index is 11.1. The number of hydroxylamine groups is 2. The van der Waals surface area contributed by atoms with Gasteiger partial charge in [0.05, 0.1) is 6.54 Å². The van der Waals surface area contributed by atoms with Gasteiger partial charge in [-0.3, -0.25) is 9.59 Å². The summed E-state index contributed by atoms with van der Waals surface area (Å²) in [4.78, 5) is 36.6. The molecule has 0 rings (SSSR count). The number of hydrogen-bond donors (Lipinski definition) is 1. The molecule has 80 valence electrons. The first kappa shape index (κ1) is 12.4. The van der Waals surface area contributed by atoms with Crippen molar-refractivity contribution in [2.75, 3.05) is 6.54 Å². The van der Waals surface area contributed by atoms with E-state index in [1.807, 2.05) is 0 Å². The number of carboxylic acids is 1. The van der Waals surface area contributed by atoms with Crippen LogP contribution in [-0.4, -0.2) is 34.6 Å². The van der Waals surface area contributed by atoms with E-state index in [0.29, 0.717) is 0 Å². The van der Waals surface area contributed by atoms with Crippen LogP contribution in [0, 0.1) is 0 Å². The lowest BCUT2D eigenvalue weighted by molar-refractivity contribution is -0.198. The average molecular weight is 203 g/mol. The van der Waals surface area contributed by atoms with Gasteiger partial charge in [0, 0.05) is 6.42 Å². The molecule has 0 aliphatic carbocycles. The van der Waals surface area contributed by atoms with Crippen LogP contribution in [0.5, 0.6) is 0 Å². The molecule has 0 aliphatic rings. The standard InChI is InChI=1S/C8H13NO5/c1-3-6(10)9(4-2)14-8(13)5-7(11)12/h3-5H2,1-2H3,(H,11,12). The summed E-state index contributed by atoms with van der Waals surface area (Å²) in [5.41, 5.74) is 0. The summed E-state index contributed by atoms with van der Waals surface area (Å²) in [5.74, 6) is -2.58. The molecule has 0 aromatic carbocycles. The third-order valence-corrected chi connectivity index (χ3v) is 1.38. The van der Waals surface area contributed by atoms with Crippen molar-refractivity contribution in [1.82, 2.24) is 5.06 Å². The van der Waals surface area contributed by atoms with E-state index in [1.165, 1.54) is 0 Å². The Bertz CT molecular complexity index is 238. The number of nitrogens with zero attached hydrogens (tertiary/aromatic N) is 1. The van der Waals surface area contributed by atoms with Crippen LogP contribution in [0.3, 0.4) is 0 Å². The molecule has 0 saturated heterocycles. The minimum atomic E-state index is -1.28. The molecule has 6 heteroatoms. The molecule has 0 aliphatic heterocycles. The molecule has 14 heavy (non-hydrogen) atoms. The highest BCUT2D eigenvalue weighted by molar-refractivity contribution is 5.90. The fourth-order valence-electron chi connectivity index (χ4n) is 0.747. The van der Waals surface area contributed by atoms with Crippen molar-refractivity contribution in [3.05, 3.63) is 0 Å². The van der Waals surface area contributed by atoms with Crippen LogP contribution in [0.15, 0.2) is 0 Å². The van der Waals surface area contributed by atoms with Crippen molar-refractivity contribution in [2.24, 2.45) is 0 Å². The predicted octanol–water partition coefficient (Wildman–Crippen LogP) is 0.178. The number of rotatable bonds is 4. The molecule has 0 saturated carbocycles. The van der Waals surface area contributed by atoms with Gasteiger partial charge in [-0.1, -0.05) is 6.92 Å². The quantitative estimate of drug-likeness (QED) is 0.520. The second kappa shape index (κ2) is 5.95. The second-order valence-corrected chi connectivity index (χ2v) is 2.48. The topological polar surface area (TPSA) is 83.9 Å². The molecule has 6 nitrogen and oxygen atoms in total. The van der Waals surface area contributed by atoms with E-state index in [2.05, 4.69) is 4.84 Å². The lowest BCUT2D eigenvalue weighted by atomic mass is 10.4. The molecule has 0 unspecified atom stereocenters. The van der Waals surface area contributed by atoms with Crippen molar-refractivity contribution in [2.45, 2.75) is 26.7 Å². The predicted molar refractivity (Wildman–Crippen MR) is 46.0 cm³/mol. The van der Waals surface area contributed by atoms with E-state index in [4.69, 9.17) is 5.11 Å². The van der Waals surface area contributed by atoms with E-state index < -0.39 is 18.4 Å². The Kier molecular flexibility index (Phi) is 5.28. The molecule has 0 aromatic heterocycles. The summed E-state index contributed by atoms with van der Waals surface area (Å²) in [7, 11) is 0. The van der Waals surface area contributed by atoms with Crippen LogP contribution in [0.25, 0.3) is 0 Å². The number of aliphatic carboxylic acids is 1. The Hall–Kier alpha value is -1.59. The highest BCUT2D eigenvalue weighted by Gasteiger charge is 2.17. The average Bonchev–Trinajstić information content (AvgIpc) is 2.11. The highest BCUT2D eigenvalue weighted by Crippen LogP contribution is 1.97. The zero-order valence-corrected chi connectivity index (χ0v) is 8.15. The summed E-state index contributed by atoms with van der Waals surface area (Å²) in [6.07, 6.45) is -0.540. The molecule has 1 N–H and O–H groups in total. The van der Waals surface area contributed by atoms with Crippen molar-refractivity contribution in [3.8, 4) is 0 Å². The van der Waals surface area contributed by atoms with Crippen molar-refractivity contribution in [3.63, 3.8) is 0 Å². The largest absolute Gasteiger partial charge is 0.481 e. The molecule has 0 aromatic rings. The van der Waals surface area contributed by atoms with Crippen LogP contribution in [0.4, 0.5) is 0 Å². The molecular weight excluding hydrogens is 190 g/mol. The zero-order chi connectivity index (χ0) is 11.1. The summed E-state index contributed by atoms with van der Waals surface area (Å²) < 4.78 is 0. The summed E-state index contributed by atoms with van der Waals surface area (Å²) in [5, 5.41) is 9.11. The van der Waals surface area contributed by atoms with Crippen molar-refractivity contribution >= 4 is 17.8 Å². The molecule has 1 amide bonds. The normalized spacial score (nSPS) is 9.29. The smallest absolute Gasteiger partial charge is 0.343 e. The summed E-state index contributed by atoms with van der Waals surface area (Å²) in [6.45, 7) is 3.45. The number of amides is 1. The van der Waals surface area contributed by atoms with E-state index in [1.54, 1.807) is 13.8 Å². The number of carboxylic acid groups (broad SMARTS) is 1. The van der Waals surface area contributed by atoms with Gasteiger partial charge in [0.1, 0.15) is 6.42 Å². The maximum absolute atomic E-state index is 11.1. The first-order valence-electron chi connectivity index (χ1n) is 4.24. The Balaban J connectivity index is 4.11. The van der Waals surface area contributed by atoms with Crippen LogP contribution < -0.4 is 0 Å². The van der Waals surface area contributed by atoms with E-state index in [-0.39, 0.29) is 18.9 Å². The summed E-state index contributed by atoms with van der Waals surface area (Å²) in [6, 6.07) is 0. The van der Waals surface area contributed by atoms with Crippen LogP contribution in [-0.2, 0) is 19.2 Å². The van der Waals surface area contributed by atoms with Gasteiger partial charge in [0.25, 0.3) is 5.91 Å². The monoisotopic (exact) mass is 203 g/mol. The molecule has 0 spiro atoms. The van der Waals surface area contributed by atoms with Crippen LogP contribution in [0.1, 0.15) is 26.7 Å². The minimum Gasteiger partial charge on any atom is -0.481 e. The van der Waals surface area contributed by atoms with Gasteiger partial charge in [-0.25, -0.2) is 4.79 Å². The lowest BCUT2D eigenvalue weighted by Gasteiger charge is -2.17. The van der Waals surface area contributed by atoms with Gasteiger partial charge in [-0.15, -0.1) is 0 Å². The molecular formula is C8H13NO5. The van der Waals surface area contributed by atoms with Gasteiger partial charge in [-0.2, -0.15) is 5.06 Å². The minimum absolute atomic E-state index is 0.203. The first-order chi connectivity index (χ1) is 6.51. The third-order valence-electron chi connectivity index (χ3n) is 1.38. The maximum Gasteiger partial charge on any atom is 0.343 e.